The predicted octanol–water partition coefficient (Wildman–Crippen LogP) is 4.61. The SMILES string of the molecule is Cc1cc(N=S2(=O)CCCC2)cc2ncnc(Nc3ccc(F)cc3O[C@@](C)(C=O)CNCCF)c12. The molecule has 0 bridgehead atoms. The second-order valence-electron chi connectivity index (χ2n) is 9.02. The highest BCUT2D eigenvalue weighted by Crippen LogP contribution is 2.35. The number of aromatic nitrogens is 2. The summed E-state index contributed by atoms with van der Waals surface area (Å²) in [6, 6.07) is 7.55. The number of fused-ring (bicyclic) bond motifs is 1. The Morgan fingerprint density at radius 2 is 2.00 bits per heavy atom. The van der Waals surface area contributed by atoms with Gasteiger partial charge in [0.2, 0.25) is 0 Å². The molecule has 3 aromatic rings. The van der Waals surface area contributed by atoms with Crippen LogP contribution in [0.15, 0.2) is 41.0 Å². The Morgan fingerprint density at radius 1 is 1.22 bits per heavy atom. The number of carbonyl (C=O) groups is 1. The van der Waals surface area contributed by atoms with E-state index in [4.69, 9.17) is 4.74 Å². The van der Waals surface area contributed by atoms with Crippen molar-refractivity contribution in [3.05, 3.63) is 48.0 Å². The summed E-state index contributed by atoms with van der Waals surface area (Å²) in [6.45, 7) is 2.94. The van der Waals surface area contributed by atoms with Gasteiger partial charge in [-0.25, -0.2) is 23.0 Å². The molecular weight excluding hydrogens is 488 g/mol. The van der Waals surface area contributed by atoms with E-state index in [-0.39, 0.29) is 18.8 Å². The van der Waals surface area contributed by atoms with E-state index in [1.807, 2.05) is 13.0 Å². The van der Waals surface area contributed by atoms with Crippen molar-refractivity contribution < 1.29 is 22.5 Å². The topological polar surface area (TPSA) is 106 Å². The smallest absolute Gasteiger partial charge is 0.173 e. The molecule has 4 rings (SSSR count). The molecule has 8 nitrogen and oxygen atoms in total. The fourth-order valence-corrected chi connectivity index (χ4v) is 6.32. The zero-order chi connectivity index (χ0) is 25.8. The van der Waals surface area contributed by atoms with Gasteiger partial charge in [-0.1, -0.05) is 0 Å². The van der Waals surface area contributed by atoms with Crippen molar-refractivity contribution >= 4 is 44.1 Å². The molecule has 0 radical (unpaired) electrons. The Morgan fingerprint density at radius 3 is 2.72 bits per heavy atom. The molecule has 0 amide bonds. The largest absolute Gasteiger partial charge is 0.476 e. The number of rotatable bonds is 10. The van der Waals surface area contributed by atoms with Gasteiger partial charge in [0.25, 0.3) is 0 Å². The van der Waals surface area contributed by atoms with Gasteiger partial charge >= 0.3 is 0 Å². The van der Waals surface area contributed by atoms with Crippen LogP contribution in [0.4, 0.5) is 26.0 Å². The van der Waals surface area contributed by atoms with Crippen molar-refractivity contribution in [2.24, 2.45) is 4.36 Å². The number of nitrogens with one attached hydrogen (secondary N) is 2. The first-order chi connectivity index (χ1) is 17.2. The maximum atomic E-state index is 14.1. The molecule has 192 valence electrons. The van der Waals surface area contributed by atoms with Crippen LogP contribution in [0.25, 0.3) is 10.9 Å². The van der Waals surface area contributed by atoms with Gasteiger partial charge in [-0.15, -0.1) is 0 Å². The van der Waals surface area contributed by atoms with Crippen molar-refractivity contribution in [3.63, 3.8) is 0 Å². The molecule has 36 heavy (non-hydrogen) atoms. The molecule has 1 aromatic heterocycles. The van der Waals surface area contributed by atoms with Crippen molar-refractivity contribution in [2.75, 3.05) is 36.6 Å². The number of benzene rings is 2. The third-order valence-electron chi connectivity index (χ3n) is 5.90. The number of ether oxygens (including phenoxy) is 1. The number of alkyl halides is 1. The van der Waals surface area contributed by atoms with E-state index in [2.05, 4.69) is 25.0 Å². The van der Waals surface area contributed by atoms with Crippen LogP contribution in [0.3, 0.4) is 0 Å². The average Bonchev–Trinajstić information content (AvgIpc) is 3.26. The molecule has 11 heteroatoms. The molecule has 1 aliphatic heterocycles. The minimum Gasteiger partial charge on any atom is -0.476 e. The number of hydrogen-bond donors (Lipinski definition) is 2. The number of anilines is 2. The molecule has 0 saturated carbocycles. The quantitative estimate of drug-likeness (QED) is 0.299. The van der Waals surface area contributed by atoms with Crippen LogP contribution in [0.1, 0.15) is 25.3 Å². The van der Waals surface area contributed by atoms with E-state index in [1.54, 1.807) is 6.07 Å². The second-order valence-corrected chi connectivity index (χ2v) is 11.6. The van der Waals surface area contributed by atoms with Gasteiger partial charge in [-0.05, 0) is 56.5 Å². The Balaban J connectivity index is 1.68. The van der Waals surface area contributed by atoms with E-state index in [1.165, 1.54) is 31.5 Å². The number of halogens is 2. The fourth-order valence-electron chi connectivity index (χ4n) is 4.13. The Hall–Kier alpha value is -3.18. The van der Waals surface area contributed by atoms with Crippen molar-refractivity contribution in [1.29, 1.82) is 0 Å². The summed E-state index contributed by atoms with van der Waals surface area (Å²) in [4.78, 5) is 20.5. The Bertz CT molecular complexity index is 1380. The lowest BCUT2D eigenvalue weighted by Crippen LogP contribution is -2.45. The van der Waals surface area contributed by atoms with E-state index >= 15 is 0 Å². The van der Waals surface area contributed by atoms with Crippen LogP contribution >= 0.6 is 0 Å². The van der Waals surface area contributed by atoms with Gasteiger partial charge in [-0.3, -0.25) is 4.79 Å². The molecule has 1 fully saturated rings. The van der Waals surface area contributed by atoms with Crippen molar-refractivity contribution in [3.8, 4) is 5.75 Å². The van der Waals surface area contributed by atoms with Gasteiger partial charge in [0.15, 0.2) is 11.9 Å². The fraction of sp³-hybridized carbons (Fsp3) is 0.400. The van der Waals surface area contributed by atoms with Gasteiger partial charge < -0.3 is 15.4 Å². The standard InChI is InChI=1S/C25H29F2N5O3S/c1-17-11-19(32-36(34)9-3-4-10-36)13-21-23(17)24(30-16-29-21)31-20-6-5-18(27)12-22(20)35-25(2,15-33)14-28-8-7-26/h5-6,11-13,15-16,28H,3-4,7-10,14H2,1-2H3,(H,29,30,31)/t25-/m1/s1. The zero-order valence-corrected chi connectivity index (χ0v) is 21.0. The maximum absolute atomic E-state index is 14.1. The first-order valence-corrected chi connectivity index (χ1v) is 13.6. The van der Waals surface area contributed by atoms with Crippen LogP contribution in [-0.2, 0) is 14.5 Å². The minimum absolute atomic E-state index is 0.0430. The Kier molecular flexibility index (Phi) is 7.79. The lowest BCUT2D eigenvalue weighted by molar-refractivity contribution is -0.119. The highest BCUT2D eigenvalue weighted by Gasteiger charge is 2.27. The summed E-state index contributed by atoms with van der Waals surface area (Å²) in [6.07, 6.45) is 3.82. The summed E-state index contributed by atoms with van der Waals surface area (Å²) >= 11 is 0. The third-order valence-corrected chi connectivity index (χ3v) is 8.30. The molecular formula is C25H29F2N5O3S. The molecule has 2 heterocycles. The summed E-state index contributed by atoms with van der Waals surface area (Å²) < 4.78 is 49.9. The minimum atomic E-state index is -2.23. The summed E-state index contributed by atoms with van der Waals surface area (Å²) in [5, 5.41) is 6.69. The molecule has 2 N–H and O–H groups in total. The molecule has 1 saturated heterocycles. The van der Waals surface area contributed by atoms with Crippen LogP contribution in [0.2, 0.25) is 0 Å². The van der Waals surface area contributed by atoms with E-state index < -0.39 is 27.8 Å². The van der Waals surface area contributed by atoms with Crippen LogP contribution in [-0.4, -0.2) is 57.3 Å². The second kappa shape index (κ2) is 10.8. The normalized spacial score (nSPS) is 16.4. The van der Waals surface area contributed by atoms with Gasteiger partial charge in [0, 0.05) is 36.0 Å². The number of aryl methyl sites for hydroxylation is 1. The number of nitrogens with zero attached hydrogens (tertiary/aromatic N) is 3. The zero-order valence-electron chi connectivity index (χ0n) is 20.2. The van der Waals surface area contributed by atoms with Crippen LogP contribution in [0, 0.1) is 12.7 Å². The molecule has 1 atom stereocenters. The number of aldehydes is 1. The molecule has 1 aliphatic rings. The monoisotopic (exact) mass is 517 g/mol. The maximum Gasteiger partial charge on any atom is 0.173 e. The van der Waals surface area contributed by atoms with E-state index in [0.717, 1.165) is 23.8 Å². The Labute approximate surface area is 209 Å². The van der Waals surface area contributed by atoms with E-state index in [0.29, 0.717) is 40.5 Å². The van der Waals surface area contributed by atoms with Crippen LogP contribution in [0.5, 0.6) is 5.75 Å². The molecule has 2 aromatic carbocycles. The number of carbonyl (C=O) groups excluding carboxylic acids is 1. The van der Waals surface area contributed by atoms with E-state index in [9.17, 15) is 17.8 Å². The van der Waals surface area contributed by atoms with Gasteiger partial charge in [0.1, 0.15) is 30.4 Å². The number of hydrogen-bond acceptors (Lipinski definition) is 8. The lowest BCUT2D eigenvalue weighted by atomic mass is 10.1. The first-order valence-electron chi connectivity index (χ1n) is 11.7. The van der Waals surface area contributed by atoms with Gasteiger partial charge in [-0.2, -0.15) is 4.36 Å². The van der Waals surface area contributed by atoms with Crippen LogP contribution < -0.4 is 15.4 Å². The average molecular weight is 518 g/mol. The lowest BCUT2D eigenvalue weighted by Gasteiger charge is -2.26. The first kappa shape index (κ1) is 25.9. The molecule has 0 aliphatic carbocycles. The summed E-state index contributed by atoms with van der Waals surface area (Å²) in [5.41, 5.74) is 1.09. The van der Waals surface area contributed by atoms with Gasteiger partial charge in [0.05, 0.1) is 26.6 Å². The van der Waals surface area contributed by atoms with Crippen molar-refractivity contribution in [2.45, 2.75) is 32.3 Å². The molecule has 0 unspecified atom stereocenters. The summed E-state index contributed by atoms with van der Waals surface area (Å²) in [5.74, 6) is 1.22. The molecule has 0 spiro atoms. The van der Waals surface area contributed by atoms with Crippen molar-refractivity contribution in [1.82, 2.24) is 15.3 Å². The third kappa shape index (κ3) is 5.96. The summed E-state index contributed by atoms with van der Waals surface area (Å²) in [7, 11) is -2.23. The highest BCUT2D eigenvalue weighted by atomic mass is 32.2. The highest BCUT2D eigenvalue weighted by molar-refractivity contribution is 7.93. The predicted molar refractivity (Wildman–Crippen MR) is 137 cm³/mol.